The molecule has 1 aromatic heterocycles. The lowest BCUT2D eigenvalue weighted by molar-refractivity contribution is -0.136. The van der Waals surface area contributed by atoms with Gasteiger partial charge in [0.25, 0.3) is 11.8 Å². The first-order valence-electron chi connectivity index (χ1n) is 18.2. The molecule has 0 saturated carbocycles. The smallest absolute Gasteiger partial charge is 0.263 e. The van der Waals surface area contributed by atoms with Crippen LogP contribution in [0.5, 0.6) is 5.75 Å². The highest BCUT2D eigenvalue weighted by Crippen LogP contribution is 2.39. The van der Waals surface area contributed by atoms with E-state index in [2.05, 4.69) is 30.8 Å². The van der Waals surface area contributed by atoms with Crippen molar-refractivity contribution in [2.75, 3.05) is 67.9 Å². The van der Waals surface area contributed by atoms with Gasteiger partial charge in [-0.2, -0.15) is 4.98 Å². The van der Waals surface area contributed by atoms with Gasteiger partial charge in [0.2, 0.25) is 23.7 Å². The molecule has 2 saturated heterocycles. The minimum absolute atomic E-state index is 0.0156. The van der Waals surface area contributed by atoms with Crippen molar-refractivity contribution in [3.63, 3.8) is 0 Å². The van der Waals surface area contributed by atoms with Gasteiger partial charge in [0.15, 0.2) is 5.82 Å². The number of anilines is 5. The largest absolute Gasteiger partial charge is 0.494 e. The molecule has 5 amide bonds. The quantitative estimate of drug-likeness (QED) is 0.0975. The van der Waals surface area contributed by atoms with Crippen LogP contribution in [-0.2, 0) is 18.9 Å². The summed E-state index contributed by atoms with van der Waals surface area (Å²) in [6.45, 7) is 5.65. The Balaban J connectivity index is 0.932. The van der Waals surface area contributed by atoms with Crippen molar-refractivity contribution in [2.45, 2.75) is 30.2 Å². The number of ether oxygens (including phenoxy) is 1. The first-order chi connectivity index (χ1) is 27.3. The molecule has 7 rings (SSSR count). The maximum absolute atomic E-state index is 13.4. The molecule has 4 aromatic rings. The van der Waals surface area contributed by atoms with E-state index in [0.29, 0.717) is 70.1 Å². The molecular formula is C39H40ClN8O7PS. The predicted molar refractivity (Wildman–Crippen MR) is 219 cm³/mol. The summed E-state index contributed by atoms with van der Waals surface area (Å²) in [4.78, 5) is 78.4. The van der Waals surface area contributed by atoms with Gasteiger partial charge >= 0.3 is 0 Å². The van der Waals surface area contributed by atoms with E-state index in [0.717, 1.165) is 10.6 Å². The molecule has 4 heterocycles. The molecule has 15 nitrogen and oxygen atoms in total. The van der Waals surface area contributed by atoms with Gasteiger partial charge in [0, 0.05) is 66.7 Å². The van der Waals surface area contributed by atoms with Gasteiger partial charge in [0.1, 0.15) is 24.0 Å². The van der Waals surface area contributed by atoms with Gasteiger partial charge < -0.3 is 29.7 Å². The van der Waals surface area contributed by atoms with Crippen molar-refractivity contribution in [3.05, 3.63) is 83.0 Å². The summed E-state index contributed by atoms with van der Waals surface area (Å²) in [5, 5.41) is 9.60. The topological polar surface area (TPSA) is 183 Å². The monoisotopic (exact) mass is 830 g/mol. The first kappa shape index (κ1) is 39.8. The average molecular weight is 831 g/mol. The number of carbonyl (C=O) groups excluding carboxylic acids is 5. The number of piperazine rings is 1. The molecule has 1 unspecified atom stereocenters. The van der Waals surface area contributed by atoms with Crippen molar-refractivity contribution in [2.24, 2.45) is 0 Å². The van der Waals surface area contributed by atoms with Gasteiger partial charge in [-0.05, 0) is 56.1 Å². The summed E-state index contributed by atoms with van der Waals surface area (Å²) in [7, 11) is -1.00. The number of thioether (sulfide) groups is 1. The molecule has 57 heavy (non-hydrogen) atoms. The number of rotatable bonds is 12. The molecule has 3 aliphatic rings. The highest BCUT2D eigenvalue weighted by atomic mass is 35.5. The molecule has 0 aliphatic carbocycles. The lowest BCUT2D eigenvalue weighted by Crippen LogP contribution is -2.54. The minimum atomic E-state index is -2.58. The van der Waals surface area contributed by atoms with Crippen LogP contribution < -0.4 is 30.9 Å². The van der Waals surface area contributed by atoms with E-state index in [1.165, 1.54) is 18.0 Å². The Kier molecular flexibility index (Phi) is 11.6. The zero-order valence-electron chi connectivity index (χ0n) is 31.4. The average Bonchev–Trinajstić information content (AvgIpc) is 3.45. The SMILES string of the molecule is COc1cc(N2CCN(C(=O)CCSc3cccc4c3C(=O)N(C3CCC(=O)NC3=O)C4=O)CC2)ccc1Nc1ncc(Cl)c(Nc2ccccc2P(C)(C)=O)n1. The van der Waals surface area contributed by atoms with Crippen molar-refractivity contribution in [1.29, 1.82) is 0 Å². The first-order valence-corrected chi connectivity index (χ1v) is 22.2. The lowest BCUT2D eigenvalue weighted by atomic mass is 10.0. The molecule has 3 aromatic carbocycles. The Morgan fingerprint density at radius 3 is 2.49 bits per heavy atom. The summed E-state index contributed by atoms with van der Waals surface area (Å²) in [5.74, 6) is -0.656. The van der Waals surface area contributed by atoms with Crippen LogP contribution in [0.25, 0.3) is 0 Å². The van der Waals surface area contributed by atoms with Gasteiger partial charge in [0.05, 0.1) is 35.8 Å². The second-order valence-corrected chi connectivity index (χ2v) is 18.7. The Morgan fingerprint density at radius 1 is 0.982 bits per heavy atom. The zero-order chi connectivity index (χ0) is 40.4. The van der Waals surface area contributed by atoms with E-state index < -0.39 is 36.8 Å². The van der Waals surface area contributed by atoms with Crippen LogP contribution in [0.1, 0.15) is 40.0 Å². The van der Waals surface area contributed by atoms with Crippen molar-refractivity contribution >= 4 is 94.2 Å². The van der Waals surface area contributed by atoms with E-state index in [4.69, 9.17) is 16.3 Å². The molecule has 3 N–H and O–H groups in total. The minimum Gasteiger partial charge on any atom is -0.494 e. The number of hydrogen-bond donors (Lipinski definition) is 3. The van der Waals surface area contributed by atoms with Crippen LogP contribution in [0.3, 0.4) is 0 Å². The number of piperidine rings is 1. The summed E-state index contributed by atoms with van der Waals surface area (Å²) in [5.41, 5.74) is 2.63. The van der Waals surface area contributed by atoms with E-state index >= 15 is 0 Å². The third-order valence-electron chi connectivity index (χ3n) is 9.91. The van der Waals surface area contributed by atoms with Crippen LogP contribution in [0, 0.1) is 0 Å². The number of imide groups is 2. The van der Waals surface area contributed by atoms with Crippen molar-refractivity contribution in [3.8, 4) is 5.75 Å². The number of para-hydroxylation sites is 1. The summed E-state index contributed by atoms with van der Waals surface area (Å²) < 4.78 is 18.6. The summed E-state index contributed by atoms with van der Waals surface area (Å²) in [6.07, 6.45) is 1.84. The van der Waals surface area contributed by atoms with Crippen LogP contribution >= 0.6 is 30.5 Å². The van der Waals surface area contributed by atoms with Crippen LogP contribution in [0.4, 0.5) is 28.8 Å². The number of amides is 5. The van der Waals surface area contributed by atoms with Crippen LogP contribution in [-0.4, -0.2) is 108 Å². The second-order valence-electron chi connectivity index (χ2n) is 14.0. The fraction of sp³-hybridized carbons (Fsp3) is 0.308. The third-order valence-corrected chi connectivity index (χ3v) is 12.8. The van der Waals surface area contributed by atoms with E-state index in [-0.39, 0.29) is 42.2 Å². The molecule has 0 spiro atoms. The summed E-state index contributed by atoms with van der Waals surface area (Å²) >= 11 is 7.76. The Hall–Kier alpha value is -5.44. The van der Waals surface area contributed by atoms with E-state index in [9.17, 15) is 28.5 Å². The third kappa shape index (κ3) is 8.48. The standard InChI is InChI=1S/C39H40ClN8O7PS/c1-55-29-21-23(11-12-26(29)43-39-41-22-25(40)35(45-39)42-27-8-4-5-9-30(27)56(2,3)54)46-16-18-47(19-17-46)33(50)15-20-57-31-10-6-7-24-34(31)38(53)48(37(24)52)28-13-14-32(49)44-36(28)51/h4-12,21-22,28H,13-20H2,1-3H3,(H,44,49,51)(H2,41,42,43,45). The molecule has 0 bridgehead atoms. The molecule has 18 heteroatoms. The molecule has 2 fully saturated rings. The summed E-state index contributed by atoms with van der Waals surface area (Å²) in [6, 6.07) is 17.0. The van der Waals surface area contributed by atoms with Gasteiger partial charge in [-0.15, -0.1) is 11.8 Å². The number of nitrogens with zero attached hydrogens (tertiary/aromatic N) is 5. The van der Waals surface area contributed by atoms with Crippen LogP contribution in [0.15, 0.2) is 71.8 Å². The number of methoxy groups -OCH3 is 1. The van der Waals surface area contributed by atoms with E-state index in [1.54, 1.807) is 38.6 Å². The Bertz CT molecular complexity index is 2330. The van der Waals surface area contributed by atoms with Gasteiger partial charge in [-0.25, -0.2) is 4.98 Å². The van der Waals surface area contributed by atoms with E-state index in [1.807, 2.05) is 47.4 Å². The molecule has 0 radical (unpaired) electrons. The number of benzene rings is 3. The highest BCUT2D eigenvalue weighted by molar-refractivity contribution is 7.99. The number of nitrogens with one attached hydrogen (secondary N) is 3. The highest BCUT2D eigenvalue weighted by Gasteiger charge is 2.45. The molecular weight excluding hydrogens is 791 g/mol. The van der Waals surface area contributed by atoms with Gasteiger partial charge in [-0.1, -0.05) is 29.8 Å². The predicted octanol–water partition coefficient (Wildman–Crippen LogP) is 5.11. The number of aromatic nitrogens is 2. The number of hydrogen-bond acceptors (Lipinski definition) is 13. The molecule has 1 atom stereocenters. The van der Waals surface area contributed by atoms with Crippen LogP contribution in [0.2, 0.25) is 5.02 Å². The van der Waals surface area contributed by atoms with Crippen molar-refractivity contribution < 1.29 is 33.3 Å². The second kappa shape index (κ2) is 16.6. The maximum Gasteiger partial charge on any atom is 0.263 e. The lowest BCUT2D eigenvalue weighted by Gasteiger charge is -2.36. The number of carbonyl (C=O) groups is 5. The Labute approximate surface area is 338 Å². The van der Waals surface area contributed by atoms with Crippen molar-refractivity contribution in [1.82, 2.24) is 25.1 Å². The zero-order valence-corrected chi connectivity index (χ0v) is 33.9. The number of fused-ring (bicyclic) bond motifs is 1. The number of halogens is 1. The van der Waals surface area contributed by atoms with Gasteiger partial charge in [-0.3, -0.25) is 34.2 Å². The normalized spacial score (nSPS) is 17.1. The maximum atomic E-state index is 13.4. The molecule has 3 aliphatic heterocycles. The Morgan fingerprint density at radius 2 is 1.75 bits per heavy atom. The fourth-order valence-corrected chi connectivity index (χ4v) is 9.32. The fourth-order valence-electron chi connectivity index (χ4n) is 7.02. The molecule has 296 valence electrons.